The van der Waals surface area contributed by atoms with E-state index in [0.717, 1.165) is 22.0 Å². The summed E-state index contributed by atoms with van der Waals surface area (Å²) in [7, 11) is 0. The van der Waals surface area contributed by atoms with Crippen molar-refractivity contribution in [2.45, 2.75) is 37.1 Å². The minimum atomic E-state index is -1.40. The van der Waals surface area contributed by atoms with Gasteiger partial charge in [0.2, 0.25) is 0 Å². The van der Waals surface area contributed by atoms with Crippen LogP contribution < -0.4 is 0 Å². The minimum Gasteiger partial charge on any atom is -0.394 e. The van der Waals surface area contributed by atoms with Crippen molar-refractivity contribution in [3.05, 3.63) is 71.9 Å². The van der Waals surface area contributed by atoms with Gasteiger partial charge in [-0.15, -0.1) is 0 Å². The van der Waals surface area contributed by atoms with Gasteiger partial charge in [0.25, 0.3) is 0 Å². The molecule has 2 aromatic carbocycles. The van der Waals surface area contributed by atoms with E-state index < -0.39 is 37.3 Å². The van der Waals surface area contributed by atoms with Gasteiger partial charge in [0.15, 0.2) is 6.23 Å². The molecule has 27 heavy (non-hydrogen) atoms. The molecule has 1 aliphatic rings. The van der Waals surface area contributed by atoms with Crippen LogP contribution >= 0.6 is 0 Å². The molecule has 142 valence electrons. The van der Waals surface area contributed by atoms with Crippen LogP contribution in [0.4, 0.5) is 0 Å². The number of aliphatic hydroxyl groups excluding tert-OH is 4. The Labute approximate surface area is 156 Å². The van der Waals surface area contributed by atoms with E-state index in [9.17, 15) is 20.4 Å². The van der Waals surface area contributed by atoms with Gasteiger partial charge in [-0.05, 0) is 23.6 Å². The van der Waals surface area contributed by atoms with Crippen molar-refractivity contribution in [1.82, 2.24) is 4.57 Å². The Balaban J connectivity index is 1.76. The highest BCUT2D eigenvalue weighted by atomic mass is 16.6. The maximum Gasteiger partial charge on any atom is 0.163 e. The lowest BCUT2D eigenvalue weighted by Crippen LogP contribution is -2.56. The summed E-state index contributed by atoms with van der Waals surface area (Å²) in [5.74, 6) is 0. The molecule has 1 saturated heterocycles. The zero-order valence-electron chi connectivity index (χ0n) is 14.7. The summed E-state index contributed by atoms with van der Waals surface area (Å²) >= 11 is 0. The van der Waals surface area contributed by atoms with Crippen molar-refractivity contribution in [1.29, 1.82) is 0 Å². The molecule has 3 aromatic rings. The van der Waals surface area contributed by atoms with E-state index in [1.165, 1.54) is 0 Å². The summed E-state index contributed by atoms with van der Waals surface area (Å²) < 4.78 is 7.52. The number of benzene rings is 2. The van der Waals surface area contributed by atoms with E-state index in [4.69, 9.17) is 4.74 Å². The second-order valence-corrected chi connectivity index (χ2v) is 6.96. The molecule has 0 saturated carbocycles. The molecular formula is C21H23NO5. The Morgan fingerprint density at radius 1 is 0.852 bits per heavy atom. The van der Waals surface area contributed by atoms with Crippen LogP contribution in [0.2, 0.25) is 0 Å². The third kappa shape index (κ3) is 3.26. The maximum atomic E-state index is 10.5. The summed E-state index contributed by atoms with van der Waals surface area (Å²) in [6.07, 6.45) is -3.31. The molecule has 1 fully saturated rings. The molecule has 0 radical (unpaired) electrons. The van der Waals surface area contributed by atoms with Gasteiger partial charge >= 0.3 is 0 Å². The zero-order valence-corrected chi connectivity index (χ0v) is 14.7. The fraction of sp³-hybridized carbons (Fsp3) is 0.333. The van der Waals surface area contributed by atoms with E-state index >= 15 is 0 Å². The largest absolute Gasteiger partial charge is 0.394 e. The molecule has 4 N–H and O–H groups in total. The highest BCUT2D eigenvalue weighted by Crippen LogP contribution is 2.33. The molecule has 5 atom stereocenters. The zero-order chi connectivity index (χ0) is 19.0. The Bertz CT molecular complexity index is 907. The molecule has 0 spiro atoms. The number of hydrogen-bond acceptors (Lipinski definition) is 5. The lowest BCUT2D eigenvalue weighted by molar-refractivity contribution is -0.250. The Morgan fingerprint density at radius 2 is 1.56 bits per heavy atom. The number of hydrogen-bond donors (Lipinski definition) is 4. The fourth-order valence-corrected chi connectivity index (χ4v) is 3.76. The topological polar surface area (TPSA) is 95.1 Å². The number of nitrogens with zero attached hydrogens (tertiary/aromatic N) is 1. The molecular weight excluding hydrogens is 346 g/mol. The van der Waals surface area contributed by atoms with E-state index in [2.05, 4.69) is 12.1 Å². The van der Waals surface area contributed by atoms with E-state index in [0.29, 0.717) is 6.42 Å². The number of rotatable bonds is 4. The van der Waals surface area contributed by atoms with Crippen molar-refractivity contribution in [3.8, 4) is 0 Å². The third-order valence-corrected chi connectivity index (χ3v) is 5.20. The summed E-state index contributed by atoms with van der Waals surface area (Å²) in [5.41, 5.74) is 3.08. The first-order valence-corrected chi connectivity index (χ1v) is 9.03. The second kappa shape index (κ2) is 7.42. The van der Waals surface area contributed by atoms with Crippen molar-refractivity contribution < 1.29 is 25.2 Å². The average Bonchev–Trinajstić information content (AvgIpc) is 3.06. The van der Waals surface area contributed by atoms with Gasteiger partial charge in [-0.2, -0.15) is 0 Å². The highest BCUT2D eigenvalue weighted by molar-refractivity contribution is 5.84. The third-order valence-electron chi connectivity index (χ3n) is 5.20. The first-order valence-electron chi connectivity index (χ1n) is 9.03. The molecule has 2 heterocycles. The number of fused-ring (bicyclic) bond motifs is 1. The van der Waals surface area contributed by atoms with Gasteiger partial charge in [0.05, 0.1) is 12.1 Å². The smallest absolute Gasteiger partial charge is 0.163 e. The summed E-state index contributed by atoms with van der Waals surface area (Å²) in [5, 5.41) is 41.1. The molecule has 0 aliphatic carbocycles. The first-order chi connectivity index (χ1) is 13.1. The number of para-hydroxylation sites is 1. The minimum absolute atomic E-state index is 0.447. The SMILES string of the molecule is OC[C@H]1O[C@H](n2cc(Cc3ccccc3)c3ccccc32)[C@H](O)[C@@H](O)[C@@H]1O. The summed E-state index contributed by atoms with van der Waals surface area (Å²) in [6, 6.07) is 17.8. The molecule has 0 amide bonds. The van der Waals surface area contributed by atoms with Gasteiger partial charge in [0, 0.05) is 11.6 Å². The monoisotopic (exact) mass is 369 g/mol. The van der Waals surface area contributed by atoms with Gasteiger partial charge in [-0.25, -0.2) is 0 Å². The predicted octanol–water partition coefficient (Wildman–Crippen LogP) is 1.20. The van der Waals surface area contributed by atoms with Crippen LogP contribution in [0, 0.1) is 0 Å². The van der Waals surface area contributed by atoms with E-state index in [1.54, 1.807) is 4.57 Å². The number of ether oxygens (including phenoxy) is 1. The maximum absolute atomic E-state index is 10.5. The van der Waals surface area contributed by atoms with Crippen LogP contribution in [-0.2, 0) is 11.2 Å². The Hall–Kier alpha value is -2.22. The Morgan fingerprint density at radius 3 is 2.30 bits per heavy atom. The second-order valence-electron chi connectivity index (χ2n) is 6.96. The summed E-state index contributed by atoms with van der Waals surface area (Å²) in [4.78, 5) is 0. The fourth-order valence-electron chi connectivity index (χ4n) is 3.76. The molecule has 4 rings (SSSR count). The first kappa shape index (κ1) is 18.2. The highest BCUT2D eigenvalue weighted by Gasteiger charge is 2.44. The van der Waals surface area contributed by atoms with E-state index in [-0.39, 0.29) is 0 Å². The predicted molar refractivity (Wildman–Crippen MR) is 100 cm³/mol. The van der Waals surface area contributed by atoms with Gasteiger partial charge in [0.1, 0.15) is 24.4 Å². The standard InChI is InChI=1S/C21H23NO5/c23-12-17-18(24)19(25)20(26)21(27-17)22-11-14(10-13-6-2-1-3-7-13)15-8-4-5-9-16(15)22/h1-9,11,17-21,23-26H,10,12H2/t17-,18-,19+,20-,21+/m1/s1. The van der Waals surface area contributed by atoms with Crippen molar-refractivity contribution in [3.63, 3.8) is 0 Å². The quantitative estimate of drug-likeness (QED) is 0.554. The van der Waals surface area contributed by atoms with E-state index in [1.807, 2.05) is 48.7 Å². The van der Waals surface area contributed by atoms with Crippen LogP contribution in [-0.4, -0.2) is 56.0 Å². The number of aromatic nitrogens is 1. The van der Waals surface area contributed by atoms with Crippen molar-refractivity contribution in [2.75, 3.05) is 6.61 Å². The molecule has 1 aliphatic heterocycles. The van der Waals surface area contributed by atoms with Gasteiger partial charge < -0.3 is 29.7 Å². The molecule has 0 unspecified atom stereocenters. The van der Waals surface area contributed by atoms with Crippen LogP contribution in [0.25, 0.3) is 10.9 Å². The van der Waals surface area contributed by atoms with Gasteiger partial charge in [-0.3, -0.25) is 0 Å². The summed E-state index contributed by atoms with van der Waals surface area (Å²) in [6.45, 7) is -0.447. The normalized spacial score (nSPS) is 28.5. The molecule has 0 bridgehead atoms. The molecule has 1 aromatic heterocycles. The van der Waals surface area contributed by atoms with Crippen LogP contribution in [0.3, 0.4) is 0 Å². The van der Waals surface area contributed by atoms with Crippen LogP contribution in [0.15, 0.2) is 60.8 Å². The average molecular weight is 369 g/mol. The molecule has 6 heteroatoms. The van der Waals surface area contributed by atoms with Crippen molar-refractivity contribution >= 4 is 10.9 Å². The lowest BCUT2D eigenvalue weighted by Gasteiger charge is -2.40. The van der Waals surface area contributed by atoms with Crippen molar-refractivity contribution in [2.24, 2.45) is 0 Å². The lowest BCUT2D eigenvalue weighted by atomic mass is 9.98. The van der Waals surface area contributed by atoms with Crippen LogP contribution in [0.5, 0.6) is 0 Å². The Kier molecular flexibility index (Phi) is 4.99. The van der Waals surface area contributed by atoms with Crippen LogP contribution in [0.1, 0.15) is 17.4 Å². The number of aliphatic hydroxyl groups is 4. The van der Waals surface area contributed by atoms with Gasteiger partial charge in [-0.1, -0.05) is 48.5 Å². The molecule has 6 nitrogen and oxygen atoms in total.